The highest BCUT2D eigenvalue weighted by atomic mass is 79.9. The molecule has 3 nitrogen and oxygen atoms in total. The van der Waals surface area contributed by atoms with Gasteiger partial charge in [-0.1, -0.05) is 12.1 Å². The van der Waals surface area contributed by atoms with E-state index in [1.54, 1.807) is 0 Å². The van der Waals surface area contributed by atoms with Crippen LogP contribution in [-0.4, -0.2) is 31.4 Å². The summed E-state index contributed by atoms with van der Waals surface area (Å²) in [7, 11) is 0. The van der Waals surface area contributed by atoms with Crippen molar-refractivity contribution in [2.75, 3.05) is 26.3 Å². The smallest absolute Gasteiger partial charge is 0.133 e. The van der Waals surface area contributed by atoms with Gasteiger partial charge in [0, 0.05) is 6.42 Å². The number of aliphatic hydroxyl groups excluding tert-OH is 1. The predicted octanol–water partition coefficient (Wildman–Crippen LogP) is 0.774. The van der Waals surface area contributed by atoms with Crippen LogP contribution in [0.4, 0.5) is 0 Å². The highest BCUT2D eigenvalue weighted by molar-refractivity contribution is 9.10. The normalized spacial score (nSPS) is 10.3. The van der Waals surface area contributed by atoms with Crippen molar-refractivity contribution in [1.82, 2.24) is 0 Å². The fourth-order valence-electron chi connectivity index (χ4n) is 1.21. The number of benzene rings is 1. The predicted molar refractivity (Wildman–Crippen MR) is 63.0 cm³/mol. The highest BCUT2D eigenvalue weighted by Gasteiger charge is 1.98. The molecule has 0 radical (unpaired) electrons. The van der Waals surface area contributed by atoms with Crippen LogP contribution in [-0.2, 0) is 0 Å². The Balaban J connectivity index is 2.12. The molecule has 0 unspecified atom stereocenters. The molecule has 0 aliphatic heterocycles. The van der Waals surface area contributed by atoms with Gasteiger partial charge in [0.2, 0.25) is 0 Å². The van der Waals surface area contributed by atoms with Gasteiger partial charge in [0.1, 0.15) is 5.75 Å². The van der Waals surface area contributed by atoms with Gasteiger partial charge in [-0.15, -0.1) is 0 Å². The Hall–Kier alpha value is -0.580. The van der Waals surface area contributed by atoms with E-state index in [4.69, 9.17) is 9.84 Å². The van der Waals surface area contributed by atoms with E-state index >= 15 is 0 Å². The van der Waals surface area contributed by atoms with E-state index in [0.717, 1.165) is 29.7 Å². The Kier molecular flexibility index (Phi) is 6.39. The van der Waals surface area contributed by atoms with E-state index < -0.39 is 0 Å². The van der Waals surface area contributed by atoms with Crippen LogP contribution in [0.5, 0.6) is 5.75 Å². The standard InChI is InChI=1S/C11H16BrNO2/c12-10-4-1-2-5-11(10)15-9-3-6-13-7-8-14/h1-2,4-5,13-14H,3,6-9H2/p+1. The van der Waals surface area contributed by atoms with E-state index in [-0.39, 0.29) is 6.61 Å². The minimum Gasteiger partial charge on any atom is -0.492 e. The van der Waals surface area contributed by atoms with Gasteiger partial charge in [-0.05, 0) is 28.1 Å². The van der Waals surface area contributed by atoms with Crippen molar-refractivity contribution in [1.29, 1.82) is 0 Å². The molecule has 1 rings (SSSR count). The van der Waals surface area contributed by atoms with Crippen LogP contribution in [0.25, 0.3) is 0 Å². The summed E-state index contributed by atoms with van der Waals surface area (Å²) in [5.41, 5.74) is 0. The number of nitrogens with two attached hydrogens (primary N) is 1. The van der Waals surface area contributed by atoms with Crippen LogP contribution < -0.4 is 10.1 Å². The molecule has 1 aromatic carbocycles. The van der Waals surface area contributed by atoms with E-state index in [9.17, 15) is 0 Å². The third-order valence-electron chi connectivity index (χ3n) is 1.98. The SMILES string of the molecule is OCC[NH2+]CCCOc1ccccc1Br. The maximum atomic E-state index is 8.57. The van der Waals surface area contributed by atoms with Crippen LogP contribution in [0.3, 0.4) is 0 Å². The molecule has 84 valence electrons. The topological polar surface area (TPSA) is 46.1 Å². The zero-order valence-corrected chi connectivity index (χ0v) is 10.2. The highest BCUT2D eigenvalue weighted by Crippen LogP contribution is 2.23. The van der Waals surface area contributed by atoms with Gasteiger partial charge in [0.05, 0.1) is 30.8 Å². The van der Waals surface area contributed by atoms with Crippen molar-refractivity contribution in [2.24, 2.45) is 0 Å². The number of hydrogen-bond acceptors (Lipinski definition) is 2. The van der Waals surface area contributed by atoms with Crippen LogP contribution in [0.1, 0.15) is 6.42 Å². The van der Waals surface area contributed by atoms with Crippen LogP contribution in [0.2, 0.25) is 0 Å². The van der Waals surface area contributed by atoms with Gasteiger partial charge in [-0.3, -0.25) is 0 Å². The number of para-hydroxylation sites is 1. The first kappa shape index (κ1) is 12.5. The third-order valence-corrected chi connectivity index (χ3v) is 2.64. The lowest BCUT2D eigenvalue weighted by molar-refractivity contribution is -0.656. The van der Waals surface area contributed by atoms with Crippen LogP contribution in [0.15, 0.2) is 28.7 Å². The third kappa shape index (κ3) is 5.16. The average Bonchev–Trinajstić information content (AvgIpc) is 2.25. The monoisotopic (exact) mass is 274 g/mol. The molecule has 0 aliphatic carbocycles. The molecular weight excluding hydrogens is 258 g/mol. The van der Waals surface area contributed by atoms with E-state index in [1.165, 1.54) is 0 Å². The first-order valence-corrected chi connectivity index (χ1v) is 5.93. The first-order chi connectivity index (χ1) is 7.34. The quantitative estimate of drug-likeness (QED) is 0.722. The van der Waals surface area contributed by atoms with Gasteiger partial charge >= 0.3 is 0 Å². The first-order valence-electron chi connectivity index (χ1n) is 5.14. The second-order valence-corrected chi connectivity index (χ2v) is 4.08. The minimum absolute atomic E-state index is 0.241. The van der Waals surface area contributed by atoms with Gasteiger partial charge in [0.15, 0.2) is 0 Å². The minimum atomic E-state index is 0.241. The van der Waals surface area contributed by atoms with Crippen molar-refractivity contribution in [3.63, 3.8) is 0 Å². The van der Waals surface area contributed by atoms with E-state index in [1.807, 2.05) is 24.3 Å². The average molecular weight is 275 g/mol. The molecule has 0 saturated heterocycles. The summed E-state index contributed by atoms with van der Waals surface area (Å²) in [4.78, 5) is 0. The molecule has 0 fully saturated rings. The summed E-state index contributed by atoms with van der Waals surface area (Å²) < 4.78 is 6.58. The number of aliphatic hydroxyl groups is 1. The second kappa shape index (κ2) is 7.68. The summed E-state index contributed by atoms with van der Waals surface area (Å²) in [6, 6.07) is 7.83. The van der Waals surface area contributed by atoms with Gasteiger partial charge in [-0.25, -0.2) is 0 Å². The Labute approximate surface area is 98.6 Å². The Morgan fingerprint density at radius 2 is 2.07 bits per heavy atom. The lowest BCUT2D eigenvalue weighted by Gasteiger charge is -2.06. The molecule has 15 heavy (non-hydrogen) atoms. The van der Waals surface area contributed by atoms with Crippen LogP contribution >= 0.6 is 15.9 Å². The molecule has 1 aromatic rings. The summed E-state index contributed by atoms with van der Waals surface area (Å²) in [5.74, 6) is 0.889. The molecular formula is C11H17BrNO2+. The Morgan fingerprint density at radius 3 is 2.80 bits per heavy atom. The lowest BCUT2D eigenvalue weighted by atomic mass is 10.3. The summed E-state index contributed by atoms with van der Waals surface area (Å²) in [5, 5.41) is 10.7. The van der Waals surface area contributed by atoms with Crippen molar-refractivity contribution >= 4 is 15.9 Å². The lowest BCUT2D eigenvalue weighted by Crippen LogP contribution is -2.85. The van der Waals surface area contributed by atoms with Crippen molar-refractivity contribution in [2.45, 2.75) is 6.42 Å². The molecule has 0 amide bonds. The molecule has 0 aromatic heterocycles. The molecule has 0 bridgehead atoms. The molecule has 3 N–H and O–H groups in total. The summed E-state index contributed by atoms with van der Waals surface area (Å²) in [6.45, 7) is 2.72. The molecule has 4 heteroatoms. The summed E-state index contributed by atoms with van der Waals surface area (Å²) in [6.07, 6.45) is 0.987. The largest absolute Gasteiger partial charge is 0.492 e. The molecule has 0 atom stereocenters. The van der Waals surface area contributed by atoms with Gasteiger partial charge < -0.3 is 15.2 Å². The van der Waals surface area contributed by atoms with Crippen molar-refractivity contribution in [3.8, 4) is 5.75 Å². The maximum Gasteiger partial charge on any atom is 0.133 e. The van der Waals surface area contributed by atoms with Crippen LogP contribution in [0, 0.1) is 0 Å². The molecule has 0 spiro atoms. The second-order valence-electron chi connectivity index (χ2n) is 3.22. The number of halogens is 1. The van der Waals surface area contributed by atoms with E-state index in [0.29, 0.717) is 6.61 Å². The van der Waals surface area contributed by atoms with Crippen molar-refractivity contribution in [3.05, 3.63) is 28.7 Å². The fourth-order valence-corrected chi connectivity index (χ4v) is 1.61. The van der Waals surface area contributed by atoms with Gasteiger partial charge in [-0.2, -0.15) is 0 Å². The number of hydrogen-bond donors (Lipinski definition) is 2. The molecule has 0 aliphatic rings. The molecule has 0 heterocycles. The zero-order chi connectivity index (χ0) is 10.9. The van der Waals surface area contributed by atoms with E-state index in [2.05, 4.69) is 21.2 Å². The molecule has 0 saturated carbocycles. The van der Waals surface area contributed by atoms with Crippen molar-refractivity contribution < 1.29 is 15.2 Å². The van der Waals surface area contributed by atoms with Gasteiger partial charge in [0.25, 0.3) is 0 Å². The number of rotatable bonds is 7. The number of quaternary nitrogens is 1. The Morgan fingerprint density at radius 1 is 1.27 bits per heavy atom. The Bertz CT molecular complexity index is 281. The zero-order valence-electron chi connectivity index (χ0n) is 8.66. The number of ether oxygens (including phenoxy) is 1. The maximum absolute atomic E-state index is 8.57. The summed E-state index contributed by atoms with van der Waals surface area (Å²) >= 11 is 3.42. The fraction of sp³-hybridized carbons (Fsp3) is 0.455.